The van der Waals surface area contributed by atoms with Gasteiger partial charge < -0.3 is 4.98 Å². The van der Waals surface area contributed by atoms with Gasteiger partial charge >= 0.3 is 5.69 Å². The molecule has 2 heterocycles. The maximum absolute atomic E-state index is 12.0. The van der Waals surface area contributed by atoms with Crippen molar-refractivity contribution in [1.29, 1.82) is 0 Å². The number of fused-ring (bicyclic) bond motifs is 2. The van der Waals surface area contributed by atoms with E-state index in [1.54, 1.807) is 23.2 Å². The van der Waals surface area contributed by atoms with Gasteiger partial charge in [-0.2, -0.15) is 0 Å². The van der Waals surface area contributed by atoms with Crippen LogP contribution in [0.1, 0.15) is 5.82 Å². The fourth-order valence-corrected chi connectivity index (χ4v) is 3.76. The lowest BCUT2D eigenvalue weighted by Gasteiger charge is -2.03. The van der Waals surface area contributed by atoms with E-state index in [4.69, 9.17) is 0 Å². The first-order chi connectivity index (χ1) is 8.43. The molecule has 0 atom stereocenters. The zero-order valence-electron chi connectivity index (χ0n) is 10.0. The Morgan fingerprint density at radius 2 is 1.67 bits per heavy atom. The standard InChI is InChI=1S/C11H10Br2N4O/c1-4-14-7-5(12)9-10(6(13)8(7)15-4)17(3)11(18)16(9)2/h1-3H3,(H,14,15). The van der Waals surface area contributed by atoms with E-state index in [1.165, 1.54) is 0 Å². The second-order valence-electron chi connectivity index (χ2n) is 4.27. The van der Waals surface area contributed by atoms with Crippen molar-refractivity contribution < 1.29 is 0 Å². The van der Waals surface area contributed by atoms with Gasteiger partial charge in [-0.25, -0.2) is 9.78 Å². The van der Waals surface area contributed by atoms with Crippen LogP contribution in [-0.2, 0) is 14.1 Å². The van der Waals surface area contributed by atoms with Gasteiger partial charge in [-0.3, -0.25) is 9.13 Å². The molecule has 0 aliphatic carbocycles. The minimum Gasteiger partial charge on any atom is -0.341 e. The van der Waals surface area contributed by atoms with Crippen molar-refractivity contribution in [3.8, 4) is 0 Å². The maximum Gasteiger partial charge on any atom is 0.328 e. The lowest BCUT2D eigenvalue weighted by Crippen LogP contribution is -2.19. The molecule has 0 fully saturated rings. The van der Waals surface area contributed by atoms with Crippen molar-refractivity contribution >= 4 is 53.9 Å². The third-order valence-electron chi connectivity index (χ3n) is 3.13. The number of imidazole rings is 2. The van der Waals surface area contributed by atoms with Crippen LogP contribution in [0.4, 0.5) is 0 Å². The Morgan fingerprint density at radius 3 is 2.28 bits per heavy atom. The summed E-state index contributed by atoms with van der Waals surface area (Å²) in [6, 6.07) is 0. The number of hydrogen-bond donors (Lipinski definition) is 1. The molecule has 3 rings (SSSR count). The molecule has 0 aliphatic rings. The largest absolute Gasteiger partial charge is 0.341 e. The molecule has 0 saturated heterocycles. The molecule has 2 aromatic heterocycles. The molecule has 0 bridgehead atoms. The predicted molar refractivity (Wildman–Crippen MR) is 77.9 cm³/mol. The van der Waals surface area contributed by atoms with Crippen molar-refractivity contribution in [2.75, 3.05) is 0 Å². The van der Waals surface area contributed by atoms with E-state index < -0.39 is 0 Å². The molecule has 3 aromatic rings. The van der Waals surface area contributed by atoms with Gasteiger partial charge in [-0.15, -0.1) is 0 Å². The Kier molecular flexibility index (Phi) is 2.47. The van der Waals surface area contributed by atoms with Crippen molar-refractivity contribution in [2.24, 2.45) is 14.1 Å². The SMILES string of the molecule is Cc1nc2c(Br)c3c(c(Br)c2[nH]1)n(C)c(=O)n3C. The van der Waals surface area contributed by atoms with Crippen molar-refractivity contribution in [1.82, 2.24) is 19.1 Å². The molecule has 0 aliphatic heterocycles. The van der Waals surface area contributed by atoms with E-state index in [1.807, 2.05) is 6.92 Å². The molecule has 7 heteroatoms. The first-order valence-electron chi connectivity index (χ1n) is 5.32. The first-order valence-corrected chi connectivity index (χ1v) is 6.90. The van der Waals surface area contributed by atoms with Gasteiger partial charge in [-0.05, 0) is 38.8 Å². The summed E-state index contributed by atoms with van der Waals surface area (Å²) in [4.78, 5) is 19.7. The second kappa shape index (κ2) is 3.71. The Morgan fingerprint density at radius 1 is 1.11 bits per heavy atom. The van der Waals surface area contributed by atoms with Crippen LogP contribution in [0.3, 0.4) is 0 Å². The van der Waals surface area contributed by atoms with Gasteiger partial charge in [0.05, 0.1) is 25.5 Å². The summed E-state index contributed by atoms with van der Waals surface area (Å²) in [7, 11) is 3.52. The zero-order valence-corrected chi connectivity index (χ0v) is 13.2. The van der Waals surface area contributed by atoms with E-state index in [-0.39, 0.29) is 5.69 Å². The topological polar surface area (TPSA) is 55.6 Å². The summed E-state index contributed by atoms with van der Waals surface area (Å²) in [6.45, 7) is 1.91. The number of aromatic amines is 1. The Hall–Kier alpha value is -1.08. The van der Waals surface area contributed by atoms with Crippen molar-refractivity contribution in [3.63, 3.8) is 0 Å². The minimum absolute atomic E-state index is 0.0595. The van der Waals surface area contributed by atoms with Crippen LogP contribution in [0.5, 0.6) is 0 Å². The highest BCUT2D eigenvalue weighted by Gasteiger charge is 2.20. The fraction of sp³-hybridized carbons (Fsp3) is 0.273. The van der Waals surface area contributed by atoms with Crippen LogP contribution in [0.15, 0.2) is 13.7 Å². The quantitative estimate of drug-likeness (QED) is 0.658. The molecule has 0 amide bonds. The fourth-order valence-electron chi connectivity index (χ4n) is 2.28. The number of hydrogen-bond acceptors (Lipinski definition) is 2. The van der Waals surface area contributed by atoms with Gasteiger partial charge in [-0.1, -0.05) is 0 Å². The van der Waals surface area contributed by atoms with E-state index in [2.05, 4.69) is 41.8 Å². The maximum atomic E-state index is 12.0. The summed E-state index contributed by atoms with van der Waals surface area (Å²) < 4.78 is 4.93. The Bertz CT molecular complexity index is 790. The van der Waals surface area contributed by atoms with Gasteiger partial charge in [0.2, 0.25) is 0 Å². The number of aromatic nitrogens is 4. The number of H-pyrrole nitrogens is 1. The summed E-state index contributed by atoms with van der Waals surface area (Å²) >= 11 is 7.11. The molecule has 0 saturated carbocycles. The van der Waals surface area contributed by atoms with Crippen LogP contribution in [0, 0.1) is 6.92 Å². The van der Waals surface area contributed by atoms with E-state index in [0.29, 0.717) is 0 Å². The lowest BCUT2D eigenvalue weighted by atomic mass is 10.2. The molecular formula is C11H10Br2N4O. The number of rotatable bonds is 0. The van der Waals surface area contributed by atoms with Crippen LogP contribution < -0.4 is 5.69 Å². The molecule has 0 radical (unpaired) electrons. The Balaban J connectivity index is 2.75. The van der Waals surface area contributed by atoms with E-state index in [0.717, 1.165) is 36.8 Å². The molecular weight excluding hydrogens is 364 g/mol. The summed E-state index contributed by atoms with van der Waals surface area (Å²) in [5, 5.41) is 0. The lowest BCUT2D eigenvalue weighted by molar-refractivity contribution is 0.794. The van der Waals surface area contributed by atoms with Crippen molar-refractivity contribution in [3.05, 3.63) is 25.3 Å². The predicted octanol–water partition coefficient (Wildman–Crippen LogP) is 2.59. The van der Waals surface area contributed by atoms with Crippen LogP contribution in [0.2, 0.25) is 0 Å². The van der Waals surface area contributed by atoms with Crippen LogP contribution >= 0.6 is 31.9 Å². The summed E-state index contributed by atoms with van der Waals surface area (Å²) in [5.41, 5.74) is 3.36. The highest BCUT2D eigenvalue weighted by Crippen LogP contribution is 2.37. The number of halogens is 2. The molecule has 1 N–H and O–H groups in total. The second-order valence-corrected chi connectivity index (χ2v) is 5.86. The molecule has 0 unspecified atom stereocenters. The minimum atomic E-state index is -0.0595. The number of nitrogens with one attached hydrogen (secondary N) is 1. The molecule has 0 spiro atoms. The third-order valence-corrected chi connectivity index (χ3v) is 4.66. The van der Waals surface area contributed by atoms with Crippen LogP contribution in [-0.4, -0.2) is 19.1 Å². The third kappa shape index (κ3) is 1.31. The van der Waals surface area contributed by atoms with E-state index >= 15 is 0 Å². The van der Waals surface area contributed by atoms with Gasteiger partial charge in [0, 0.05) is 14.1 Å². The van der Waals surface area contributed by atoms with Gasteiger partial charge in [0.25, 0.3) is 0 Å². The van der Waals surface area contributed by atoms with Crippen molar-refractivity contribution in [2.45, 2.75) is 6.92 Å². The molecule has 1 aromatic carbocycles. The number of aryl methyl sites for hydroxylation is 3. The van der Waals surface area contributed by atoms with Gasteiger partial charge in [0.1, 0.15) is 11.3 Å². The van der Waals surface area contributed by atoms with Crippen LogP contribution in [0.25, 0.3) is 22.1 Å². The first kappa shape index (κ1) is 12.0. The normalized spacial score (nSPS) is 11.8. The summed E-state index contributed by atoms with van der Waals surface area (Å²) in [6.07, 6.45) is 0. The highest BCUT2D eigenvalue weighted by molar-refractivity contribution is 9.11. The average Bonchev–Trinajstić information content (AvgIpc) is 2.81. The molecule has 94 valence electrons. The average molecular weight is 374 g/mol. The van der Waals surface area contributed by atoms with E-state index in [9.17, 15) is 4.79 Å². The van der Waals surface area contributed by atoms with Gasteiger partial charge in [0.15, 0.2) is 0 Å². The molecule has 18 heavy (non-hydrogen) atoms. The summed E-state index contributed by atoms with van der Waals surface area (Å²) in [5.74, 6) is 0.840. The number of nitrogens with zero attached hydrogens (tertiary/aromatic N) is 3. The smallest absolute Gasteiger partial charge is 0.328 e. The Labute approximate surface area is 119 Å². The number of benzene rings is 1. The monoisotopic (exact) mass is 372 g/mol. The molecule has 5 nitrogen and oxygen atoms in total. The highest BCUT2D eigenvalue weighted by atomic mass is 79.9. The zero-order chi connectivity index (χ0) is 13.2.